The van der Waals surface area contributed by atoms with Crippen LogP contribution < -0.4 is 10.6 Å². The highest BCUT2D eigenvalue weighted by Crippen LogP contribution is 2.36. The highest BCUT2D eigenvalue weighted by molar-refractivity contribution is 5.87. The van der Waals surface area contributed by atoms with E-state index in [4.69, 9.17) is 9.47 Å². The van der Waals surface area contributed by atoms with Crippen LogP contribution in [0.3, 0.4) is 0 Å². The third kappa shape index (κ3) is 8.95. The predicted octanol–water partition coefficient (Wildman–Crippen LogP) is 6.11. The van der Waals surface area contributed by atoms with E-state index in [-0.39, 0.29) is 47.7 Å². The van der Waals surface area contributed by atoms with Gasteiger partial charge in [-0.05, 0) is 66.2 Å². The maximum Gasteiger partial charge on any atom is 0.407 e. The minimum absolute atomic E-state index is 0.00498. The third-order valence-corrected chi connectivity index (χ3v) is 11.2. The Labute approximate surface area is 328 Å². The number of alkyl carbamates (subject to hydrolysis) is 2. The van der Waals surface area contributed by atoms with Gasteiger partial charge in [-0.2, -0.15) is 0 Å². The molecule has 2 aromatic carbocycles. The molecule has 2 saturated heterocycles. The minimum atomic E-state index is -0.691. The molecule has 2 fully saturated rings. The lowest BCUT2D eigenvalue weighted by molar-refractivity contribution is -0.136. The van der Waals surface area contributed by atoms with E-state index in [2.05, 4.69) is 79.1 Å². The highest BCUT2D eigenvalue weighted by Gasteiger charge is 2.39. The van der Waals surface area contributed by atoms with Crippen molar-refractivity contribution in [2.24, 2.45) is 21.8 Å². The summed E-state index contributed by atoms with van der Waals surface area (Å²) >= 11 is 0. The van der Waals surface area contributed by atoms with E-state index in [9.17, 15) is 19.2 Å². The van der Waals surface area contributed by atoms with E-state index in [0.29, 0.717) is 13.1 Å². The summed E-state index contributed by atoms with van der Waals surface area (Å²) in [6.45, 7) is 8.88. The van der Waals surface area contributed by atoms with Crippen molar-refractivity contribution >= 4 is 36.6 Å². The first kappa shape index (κ1) is 40.1. The summed E-state index contributed by atoms with van der Waals surface area (Å²) in [6, 6.07) is 15.1. The molecule has 3 aliphatic rings. The quantitative estimate of drug-likeness (QED) is 0.188. The standard InChI is InChI=1S/C42H54N8O6/c1-25(2)36(47-41(53)55-5)39(51)49-19-7-9-31(49)21-32(34-22-43-24-45-34)29-15-11-27(12-16-29)28-13-17-30(18-14-28)33-23-44-38(46-33)35-10-8-20-50(35)40(52)37(26(3)4)48-42(54)56-6/h11-18,22-26,31-32,34-37H,7-10,19-21H2,1-6H3,(H,44,46)(H,47,53)(H,48,54). The molecule has 4 amide bonds. The number of imidazole rings is 1. The van der Waals surface area contributed by atoms with Gasteiger partial charge in [-0.1, -0.05) is 76.2 Å². The number of H-pyrrole nitrogens is 1. The van der Waals surface area contributed by atoms with Crippen molar-refractivity contribution in [2.45, 2.75) is 95.9 Å². The smallest absolute Gasteiger partial charge is 0.407 e. The lowest BCUT2D eigenvalue weighted by Crippen LogP contribution is -2.52. The van der Waals surface area contributed by atoms with Crippen LogP contribution in [0.25, 0.3) is 22.4 Å². The molecular weight excluding hydrogens is 713 g/mol. The van der Waals surface area contributed by atoms with Gasteiger partial charge >= 0.3 is 12.2 Å². The molecular formula is C42H54N8O6. The second-order valence-electron chi connectivity index (χ2n) is 15.5. The number of nitrogens with one attached hydrogen (secondary N) is 3. The predicted molar refractivity (Wildman–Crippen MR) is 214 cm³/mol. The average molecular weight is 767 g/mol. The molecule has 6 atom stereocenters. The number of benzene rings is 2. The topological polar surface area (TPSA) is 171 Å². The Hall–Kier alpha value is -5.53. The zero-order valence-electron chi connectivity index (χ0n) is 33.1. The van der Waals surface area contributed by atoms with Crippen LogP contribution in [0.2, 0.25) is 0 Å². The monoisotopic (exact) mass is 766 g/mol. The Morgan fingerprint density at radius 2 is 1.34 bits per heavy atom. The summed E-state index contributed by atoms with van der Waals surface area (Å²) < 4.78 is 9.56. The summed E-state index contributed by atoms with van der Waals surface area (Å²) in [5.41, 5.74) is 5.09. The van der Waals surface area contributed by atoms with Crippen LogP contribution in [0.4, 0.5) is 9.59 Å². The normalized spacial score (nSPS) is 20.7. The van der Waals surface area contributed by atoms with Gasteiger partial charge < -0.3 is 34.9 Å². The number of aliphatic imine (C=N–C) groups is 2. The zero-order valence-corrected chi connectivity index (χ0v) is 33.1. The molecule has 0 saturated carbocycles. The lowest BCUT2D eigenvalue weighted by Gasteiger charge is -2.33. The summed E-state index contributed by atoms with van der Waals surface area (Å²) in [6.07, 6.45) is 8.17. The molecule has 1 aromatic heterocycles. The largest absolute Gasteiger partial charge is 0.453 e. The van der Waals surface area contributed by atoms with Gasteiger partial charge in [0.25, 0.3) is 0 Å². The van der Waals surface area contributed by atoms with Crippen LogP contribution in [-0.4, -0.2) is 108 Å². The van der Waals surface area contributed by atoms with Crippen LogP contribution in [0.15, 0.2) is 64.7 Å². The first-order valence-corrected chi connectivity index (χ1v) is 19.6. The number of rotatable bonds is 13. The van der Waals surface area contributed by atoms with Gasteiger partial charge in [0, 0.05) is 31.3 Å². The maximum atomic E-state index is 13.7. The van der Waals surface area contributed by atoms with Crippen molar-refractivity contribution in [2.75, 3.05) is 27.3 Å². The number of aromatic amines is 1. The summed E-state index contributed by atoms with van der Waals surface area (Å²) in [5, 5.41) is 5.44. The van der Waals surface area contributed by atoms with E-state index in [1.54, 1.807) is 12.5 Å². The van der Waals surface area contributed by atoms with Crippen LogP contribution >= 0.6 is 0 Å². The van der Waals surface area contributed by atoms with Crippen molar-refractivity contribution < 1.29 is 28.7 Å². The molecule has 0 radical (unpaired) electrons. The Kier molecular flexibility index (Phi) is 12.9. The van der Waals surface area contributed by atoms with E-state index in [1.165, 1.54) is 14.2 Å². The molecule has 4 heterocycles. The van der Waals surface area contributed by atoms with Gasteiger partial charge in [0.2, 0.25) is 11.8 Å². The number of nitrogens with zero attached hydrogens (tertiary/aromatic N) is 5. The van der Waals surface area contributed by atoms with E-state index >= 15 is 0 Å². The van der Waals surface area contributed by atoms with Crippen molar-refractivity contribution in [1.29, 1.82) is 0 Å². The molecule has 14 nitrogen and oxygen atoms in total. The molecule has 298 valence electrons. The van der Waals surface area contributed by atoms with Gasteiger partial charge in [0.05, 0.1) is 38.2 Å². The van der Waals surface area contributed by atoms with Crippen molar-refractivity contribution in [1.82, 2.24) is 30.4 Å². The van der Waals surface area contributed by atoms with Gasteiger partial charge in [-0.25, -0.2) is 19.6 Å². The number of hydrogen-bond donors (Lipinski definition) is 3. The van der Waals surface area contributed by atoms with Gasteiger partial charge in [0.1, 0.15) is 24.2 Å². The van der Waals surface area contributed by atoms with Crippen LogP contribution in [0, 0.1) is 11.8 Å². The summed E-state index contributed by atoms with van der Waals surface area (Å²) in [4.78, 5) is 72.1. The average Bonchev–Trinajstić information content (AvgIpc) is 4.05. The number of amides is 4. The molecule has 14 heteroatoms. The second-order valence-corrected chi connectivity index (χ2v) is 15.5. The Morgan fingerprint density at radius 1 is 0.786 bits per heavy atom. The number of ether oxygens (including phenoxy) is 2. The molecule has 6 rings (SSSR count). The highest BCUT2D eigenvalue weighted by atomic mass is 16.5. The Bertz CT molecular complexity index is 1890. The lowest BCUT2D eigenvalue weighted by atomic mass is 9.85. The van der Waals surface area contributed by atoms with E-state index < -0.39 is 24.3 Å². The fourth-order valence-electron chi connectivity index (χ4n) is 8.11. The molecule has 6 unspecified atom stereocenters. The summed E-state index contributed by atoms with van der Waals surface area (Å²) in [7, 11) is 2.59. The van der Waals surface area contributed by atoms with Crippen LogP contribution in [0.1, 0.15) is 83.1 Å². The SMILES string of the molecule is COC(=O)NC(C(=O)N1CCCC1CC(c1ccc(-c2ccc(-c3cnc(C4CCCN4C(=O)C(NC(=O)OC)C(C)C)[nH]3)cc2)cc1)C1C=NC=N1)C(C)C. The fraction of sp³-hybridized carbons (Fsp3) is 0.500. The van der Waals surface area contributed by atoms with Crippen LogP contribution in [-0.2, 0) is 19.1 Å². The zero-order chi connectivity index (χ0) is 39.9. The minimum Gasteiger partial charge on any atom is -0.453 e. The Balaban J connectivity index is 1.14. The van der Waals surface area contributed by atoms with Gasteiger partial charge in [0.15, 0.2) is 0 Å². The van der Waals surface area contributed by atoms with Gasteiger partial charge in [-0.15, -0.1) is 0 Å². The molecule has 0 aliphatic carbocycles. The van der Waals surface area contributed by atoms with Crippen molar-refractivity contribution in [3.05, 3.63) is 66.1 Å². The number of aromatic nitrogens is 2. The molecule has 3 N–H and O–H groups in total. The molecule has 0 bridgehead atoms. The number of methoxy groups -OCH3 is 2. The molecule has 3 aromatic rings. The number of carbonyl (C=O) groups excluding carboxylic acids is 4. The van der Waals surface area contributed by atoms with Crippen molar-refractivity contribution in [3.63, 3.8) is 0 Å². The van der Waals surface area contributed by atoms with Crippen molar-refractivity contribution in [3.8, 4) is 22.4 Å². The van der Waals surface area contributed by atoms with Crippen LogP contribution in [0.5, 0.6) is 0 Å². The number of hydrogen-bond acceptors (Lipinski definition) is 9. The van der Waals surface area contributed by atoms with E-state index in [1.807, 2.05) is 43.7 Å². The van der Waals surface area contributed by atoms with E-state index in [0.717, 1.165) is 65.9 Å². The molecule has 56 heavy (non-hydrogen) atoms. The number of carbonyl (C=O) groups is 4. The van der Waals surface area contributed by atoms with Gasteiger partial charge in [-0.3, -0.25) is 14.6 Å². The maximum absolute atomic E-state index is 13.7. The second kappa shape index (κ2) is 17.9. The number of likely N-dealkylation sites (tertiary alicyclic amines) is 2. The third-order valence-electron chi connectivity index (χ3n) is 11.2. The first-order valence-electron chi connectivity index (χ1n) is 19.6. The first-order chi connectivity index (χ1) is 27.0. The fourth-order valence-corrected chi connectivity index (χ4v) is 8.11. The molecule has 3 aliphatic heterocycles. The molecule has 0 spiro atoms. The Morgan fingerprint density at radius 3 is 1.91 bits per heavy atom. The summed E-state index contributed by atoms with van der Waals surface area (Å²) in [5.74, 6) is 0.312.